The molecule has 3 amide bonds. The first-order chi connectivity index (χ1) is 20.8. The Labute approximate surface area is 263 Å². The maximum atomic E-state index is 14.3. The number of aryl methyl sites for hydroxylation is 1. The molecule has 0 unspecified atom stereocenters. The molecule has 11 heteroatoms. The first-order valence-corrected chi connectivity index (χ1v) is 16.1. The summed E-state index contributed by atoms with van der Waals surface area (Å²) in [5.74, 6) is 0.0567. The summed E-state index contributed by atoms with van der Waals surface area (Å²) in [4.78, 5) is 49.1. The van der Waals surface area contributed by atoms with Gasteiger partial charge < -0.3 is 29.2 Å². The van der Waals surface area contributed by atoms with Crippen molar-refractivity contribution < 1.29 is 33.3 Å². The minimum atomic E-state index is -0.711. The lowest BCUT2D eigenvalue weighted by atomic mass is 9.87. The predicted molar refractivity (Wildman–Crippen MR) is 169 cm³/mol. The summed E-state index contributed by atoms with van der Waals surface area (Å²) in [5.41, 5.74) is 0.167. The molecule has 1 saturated carbocycles. The fourth-order valence-corrected chi connectivity index (χ4v) is 5.44. The van der Waals surface area contributed by atoms with Gasteiger partial charge in [0.1, 0.15) is 17.2 Å². The lowest BCUT2D eigenvalue weighted by Crippen LogP contribution is -2.55. The van der Waals surface area contributed by atoms with Crippen LogP contribution in [0.5, 0.6) is 5.75 Å². The van der Waals surface area contributed by atoms with Gasteiger partial charge in [0.05, 0.1) is 31.1 Å². The van der Waals surface area contributed by atoms with E-state index in [1.54, 1.807) is 39.0 Å². The van der Waals surface area contributed by atoms with E-state index in [0.29, 0.717) is 50.3 Å². The van der Waals surface area contributed by atoms with Crippen molar-refractivity contribution in [2.75, 3.05) is 51.5 Å². The Bertz CT molecular complexity index is 1100. The van der Waals surface area contributed by atoms with Gasteiger partial charge in [-0.1, -0.05) is 13.8 Å². The van der Waals surface area contributed by atoms with Gasteiger partial charge in [-0.2, -0.15) is 0 Å². The first-order valence-electron chi connectivity index (χ1n) is 16.1. The van der Waals surface area contributed by atoms with E-state index < -0.39 is 23.5 Å². The van der Waals surface area contributed by atoms with E-state index in [1.807, 2.05) is 19.9 Å². The molecule has 0 aromatic carbocycles. The fraction of sp³-hybridized carbons (Fsp3) is 0.758. The van der Waals surface area contributed by atoms with Crippen molar-refractivity contribution in [3.63, 3.8) is 0 Å². The van der Waals surface area contributed by atoms with Gasteiger partial charge in [0, 0.05) is 63.7 Å². The number of nitrogens with zero attached hydrogens (tertiary/aromatic N) is 3. The van der Waals surface area contributed by atoms with Crippen LogP contribution in [-0.4, -0.2) is 92.1 Å². The predicted octanol–water partition coefficient (Wildman–Crippen LogP) is 4.74. The molecule has 1 aliphatic carbocycles. The lowest BCUT2D eigenvalue weighted by Gasteiger charge is -2.39. The van der Waals surface area contributed by atoms with Crippen LogP contribution >= 0.6 is 0 Å². The zero-order valence-electron chi connectivity index (χ0n) is 28.0. The number of hydrogen-bond donors (Lipinski definition) is 1. The number of ether oxygens (including phenoxy) is 4. The van der Waals surface area contributed by atoms with Crippen LogP contribution in [0.3, 0.4) is 0 Å². The van der Waals surface area contributed by atoms with E-state index in [9.17, 15) is 14.4 Å². The van der Waals surface area contributed by atoms with Crippen molar-refractivity contribution in [3.8, 4) is 5.75 Å². The van der Waals surface area contributed by atoms with E-state index >= 15 is 0 Å². The third-order valence-corrected chi connectivity index (χ3v) is 7.63. The molecule has 3 rings (SSSR count). The Balaban J connectivity index is 1.85. The minimum absolute atomic E-state index is 0.0184. The Hall–Kier alpha value is -2.92. The van der Waals surface area contributed by atoms with Crippen molar-refractivity contribution in [2.24, 2.45) is 17.8 Å². The van der Waals surface area contributed by atoms with E-state index in [2.05, 4.69) is 24.1 Å². The van der Waals surface area contributed by atoms with E-state index in [-0.39, 0.29) is 37.0 Å². The summed E-state index contributed by atoms with van der Waals surface area (Å²) < 4.78 is 22.5. The molecule has 2 fully saturated rings. The second-order valence-electron chi connectivity index (χ2n) is 13.5. The smallest absolute Gasteiger partial charge is 0.410 e. The van der Waals surface area contributed by atoms with Gasteiger partial charge in [-0.3, -0.25) is 14.5 Å². The number of hydrogen-bond acceptors (Lipinski definition) is 8. The molecule has 248 valence electrons. The highest BCUT2D eigenvalue weighted by Crippen LogP contribution is 2.36. The fourth-order valence-electron chi connectivity index (χ4n) is 5.44. The number of aromatic nitrogens is 1. The van der Waals surface area contributed by atoms with Crippen LogP contribution in [0.4, 0.5) is 10.6 Å². The standard InChI is InChI=1S/C33H54N4O7/c1-9-42-21-26(15-22(2)3)35-30(38)24-16-25(20-36(19-24)32(40)44-33(5,6)7)31(39)37(27-11-12-27)29-17-28(23(4)18-34-29)43-14-10-13-41-8/h17-18,22,24-27H,9-16,19-21H2,1-8H3,(H,35,38)/t24-,25+,26+/m0/s1. The molecule has 1 aliphatic heterocycles. The molecule has 0 spiro atoms. The van der Waals surface area contributed by atoms with Crippen LogP contribution in [0.2, 0.25) is 0 Å². The van der Waals surface area contributed by atoms with Gasteiger partial charge in [-0.15, -0.1) is 0 Å². The number of likely N-dealkylation sites (tertiary alicyclic amines) is 1. The Morgan fingerprint density at radius 2 is 1.84 bits per heavy atom. The second-order valence-corrected chi connectivity index (χ2v) is 13.5. The maximum Gasteiger partial charge on any atom is 0.410 e. The monoisotopic (exact) mass is 618 g/mol. The molecule has 1 aromatic rings. The topological polar surface area (TPSA) is 120 Å². The molecule has 1 saturated heterocycles. The quantitative estimate of drug-likeness (QED) is 0.280. The number of anilines is 1. The van der Waals surface area contributed by atoms with Gasteiger partial charge in [0.2, 0.25) is 11.8 Å². The SMILES string of the molecule is CCOC[C@@H](CC(C)C)NC(=O)[C@H]1C[C@@H](C(=O)N(c2cc(OCCCOC)c(C)cn2)C2CC2)CN(C(=O)OC(C)(C)C)C1. The minimum Gasteiger partial charge on any atom is -0.493 e. The van der Waals surface area contributed by atoms with Gasteiger partial charge in [0.15, 0.2) is 0 Å². The number of rotatable bonds is 15. The van der Waals surface area contributed by atoms with E-state index in [1.165, 1.54) is 4.90 Å². The van der Waals surface area contributed by atoms with Crippen molar-refractivity contribution in [3.05, 3.63) is 17.8 Å². The Morgan fingerprint density at radius 3 is 2.45 bits per heavy atom. The van der Waals surface area contributed by atoms with Crippen LogP contribution in [0.1, 0.15) is 79.2 Å². The second kappa shape index (κ2) is 16.4. The Morgan fingerprint density at radius 1 is 1.14 bits per heavy atom. The molecule has 11 nitrogen and oxygen atoms in total. The zero-order valence-corrected chi connectivity index (χ0v) is 28.0. The van der Waals surface area contributed by atoms with Gasteiger partial charge in [0.25, 0.3) is 0 Å². The van der Waals surface area contributed by atoms with Crippen LogP contribution in [-0.2, 0) is 23.8 Å². The highest BCUT2D eigenvalue weighted by atomic mass is 16.6. The third kappa shape index (κ3) is 10.9. The molecule has 1 aromatic heterocycles. The number of carbonyl (C=O) groups is 3. The average Bonchev–Trinajstić information content (AvgIpc) is 3.79. The molecular formula is C33H54N4O7. The van der Waals surface area contributed by atoms with Crippen LogP contribution < -0.4 is 15.0 Å². The van der Waals surface area contributed by atoms with Crippen LogP contribution in [0.15, 0.2) is 12.3 Å². The molecule has 44 heavy (non-hydrogen) atoms. The number of carbonyl (C=O) groups excluding carboxylic acids is 3. The lowest BCUT2D eigenvalue weighted by molar-refractivity contribution is -0.131. The molecule has 3 atom stereocenters. The summed E-state index contributed by atoms with van der Waals surface area (Å²) >= 11 is 0. The summed E-state index contributed by atoms with van der Waals surface area (Å²) in [6, 6.07) is 1.68. The molecule has 1 N–H and O–H groups in total. The summed E-state index contributed by atoms with van der Waals surface area (Å²) in [7, 11) is 1.66. The van der Waals surface area contributed by atoms with E-state index in [0.717, 1.165) is 31.2 Å². The Kier molecular flexibility index (Phi) is 13.3. The van der Waals surface area contributed by atoms with Crippen molar-refractivity contribution >= 4 is 23.7 Å². The van der Waals surface area contributed by atoms with Gasteiger partial charge in [-0.05, 0) is 66.2 Å². The normalized spacial score (nSPS) is 19.4. The first kappa shape index (κ1) is 35.6. The highest BCUT2D eigenvalue weighted by molar-refractivity contribution is 5.96. The third-order valence-electron chi connectivity index (χ3n) is 7.63. The van der Waals surface area contributed by atoms with Gasteiger partial charge >= 0.3 is 6.09 Å². The molecular weight excluding hydrogens is 564 g/mol. The number of nitrogens with one attached hydrogen (secondary N) is 1. The molecule has 2 heterocycles. The number of methoxy groups -OCH3 is 1. The maximum absolute atomic E-state index is 14.3. The van der Waals surface area contributed by atoms with E-state index in [4.69, 9.17) is 18.9 Å². The highest BCUT2D eigenvalue weighted by Gasteiger charge is 2.44. The summed E-state index contributed by atoms with van der Waals surface area (Å²) in [5, 5.41) is 3.15. The number of amides is 3. The molecule has 2 aliphatic rings. The molecule has 0 radical (unpaired) electrons. The average molecular weight is 619 g/mol. The van der Waals surface area contributed by atoms with Crippen LogP contribution in [0, 0.1) is 24.7 Å². The number of piperidine rings is 1. The van der Waals surface area contributed by atoms with Crippen LogP contribution in [0.25, 0.3) is 0 Å². The summed E-state index contributed by atoms with van der Waals surface area (Å²) in [6.45, 7) is 15.9. The van der Waals surface area contributed by atoms with Gasteiger partial charge in [-0.25, -0.2) is 9.78 Å². The van der Waals surface area contributed by atoms with Crippen molar-refractivity contribution in [1.82, 2.24) is 15.2 Å². The zero-order chi connectivity index (χ0) is 32.4. The van der Waals surface area contributed by atoms with Crippen molar-refractivity contribution in [1.29, 1.82) is 0 Å². The summed E-state index contributed by atoms with van der Waals surface area (Å²) in [6.07, 6.45) is 4.76. The van der Waals surface area contributed by atoms with Crippen molar-refractivity contribution in [2.45, 2.75) is 98.3 Å². The molecule has 0 bridgehead atoms. The number of pyridine rings is 1. The largest absolute Gasteiger partial charge is 0.493 e.